The van der Waals surface area contributed by atoms with E-state index in [1.165, 1.54) is 6.92 Å². The van der Waals surface area contributed by atoms with Crippen LogP contribution < -0.4 is 10.6 Å². The van der Waals surface area contributed by atoms with Crippen LogP contribution in [0, 0.1) is 5.92 Å². The van der Waals surface area contributed by atoms with E-state index in [1.54, 1.807) is 6.92 Å². The van der Waals surface area contributed by atoms with Gasteiger partial charge in [-0.1, -0.05) is 6.92 Å². The number of amides is 1. The summed E-state index contributed by atoms with van der Waals surface area (Å²) >= 11 is 0. The van der Waals surface area contributed by atoms with Crippen molar-refractivity contribution in [1.29, 1.82) is 0 Å². The van der Waals surface area contributed by atoms with E-state index < -0.39 is 12.2 Å². The lowest BCUT2D eigenvalue weighted by Crippen LogP contribution is -2.54. The van der Waals surface area contributed by atoms with Crippen LogP contribution in [0.4, 0.5) is 0 Å². The summed E-state index contributed by atoms with van der Waals surface area (Å²) in [4.78, 5) is 11.5. The molecule has 2 unspecified atom stereocenters. The van der Waals surface area contributed by atoms with Crippen molar-refractivity contribution in [2.75, 3.05) is 32.9 Å². The van der Waals surface area contributed by atoms with Crippen LogP contribution in [0.3, 0.4) is 0 Å². The summed E-state index contributed by atoms with van der Waals surface area (Å²) < 4.78 is 5.73. The predicted octanol–water partition coefficient (Wildman–Crippen LogP) is -0.362. The number of nitrogens with one attached hydrogen (secondary N) is 2. The molecule has 0 aromatic heterocycles. The fourth-order valence-corrected chi connectivity index (χ4v) is 2.52. The van der Waals surface area contributed by atoms with E-state index in [1.807, 2.05) is 6.92 Å². The number of unbranched alkanes of at least 4 members (excludes halogenated alkanes) is 2. The molecular formula is C16H34N2O5. The molecule has 0 aromatic rings. The van der Waals surface area contributed by atoms with Crippen molar-refractivity contribution in [2.24, 2.45) is 5.92 Å². The molecule has 0 aliphatic rings. The zero-order valence-electron chi connectivity index (χ0n) is 14.6. The maximum Gasteiger partial charge on any atom is 0.217 e. The van der Waals surface area contributed by atoms with Gasteiger partial charge in [0.05, 0.1) is 24.9 Å². The van der Waals surface area contributed by atoms with Gasteiger partial charge in [0.2, 0.25) is 5.91 Å². The summed E-state index contributed by atoms with van der Waals surface area (Å²) in [7, 11) is 0. The number of carbonyl (C=O) groups excluding carboxylic acids is 1. The third kappa shape index (κ3) is 9.88. The Labute approximate surface area is 139 Å². The van der Waals surface area contributed by atoms with Gasteiger partial charge in [-0.2, -0.15) is 0 Å². The van der Waals surface area contributed by atoms with Crippen LogP contribution in [0.25, 0.3) is 0 Å². The molecule has 0 aliphatic heterocycles. The molecule has 0 aliphatic carbocycles. The summed E-state index contributed by atoms with van der Waals surface area (Å²) in [5.74, 6) is -0.472. The average Bonchev–Trinajstić information content (AvgIpc) is 2.53. The summed E-state index contributed by atoms with van der Waals surface area (Å²) in [5.41, 5.74) is 0. The minimum Gasteiger partial charge on any atom is -0.396 e. The molecule has 1 amide bonds. The molecule has 0 bridgehead atoms. The highest BCUT2D eigenvalue weighted by Gasteiger charge is 2.31. The maximum atomic E-state index is 11.5. The number of rotatable bonds is 14. The fraction of sp³-hybridized carbons (Fsp3) is 0.938. The van der Waals surface area contributed by atoms with Gasteiger partial charge >= 0.3 is 0 Å². The second-order valence-electron chi connectivity index (χ2n) is 5.82. The number of ether oxygens (including phenoxy) is 1. The van der Waals surface area contributed by atoms with Gasteiger partial charge in [0.15, 0.2) is 0 Å². The van der Waals surface area contributed by atoms with Gasteiger partial charge in [-0.3, -0.25) is 4.79 Å². The Morgan fingerprint density at radius 2 is 1.91 bits per heavy atom. The van der Waals surface area contributed by atoms with E-state index in [9.17, 15) is 9.90 Å². The summed E-state index contributed by atoms with van der Waals surface area (Å²) in [6, 6.07) is -0.290. The second kappa shape index (κ2) is 13.7. The number of carbonyl (C=O) groups is 1. The predicted molar refractivity (Wildman–Crippen MR) is 89.1 cm³/mol. The molecule has 0 heterocycles. The Hall–Kier alpha value is -0.730. The first-order valence-corrected chi connectivity index (χ1v) is 8.47. The molecule has 0 aromatic carbocycles. The molecule has 0 saturated heterocycles. The number of aliphatic hydroxyl groups excluding tert-OH is 3. The highest BCUT2D eigenvalue weighted by molar-refractivity contribution is 5.73. The van der Waals surface area contributed by atoms with Crippen LogP contribution in [0.2, 0.25) is 0 Å². The van der Waals surface area contributed by atoms with E-state index in [0.29, 0.717) is 13.2 Å². The van der Waals surface area contributed by atoms with Gasteiger partial charge in [-0.05, 0) is 32.7 Å². The quantitative estimate of drug-likeness (QED) is 0.277. The van der Waals surface area contributed by atoms with Gasteiger partial charge in [-0.25, -0.2) is 0 Å². The summed E-state index contributed by atoms with van der Waals surface area (Å²) in [6.45, 7) is 6.74. The first-order chi connectivity index (χ1) is 11.0. The Morgan fingerprint density at radius 3 is 2.43 bits per heavy atom. The van der Waals surface area contributed by atoms with Crippen LogP contribution in [-0.2, 0) is 9.53 Å². The standard InChI is InChI=1S/C16H34N2O5/c1-4-23-16(12(2)15(22)11-20)14(18-13(3)21)10-17-8-6-5-7-9-19/h12,14-17,19-20,22H,4-11H2,1-3H3,(H,18,21)/t12-,14?,15?,16-/m1/s1. The maximum absolute atomic E-state index is 11.5. The summed E-state index contributed by atoms with van der Waals surface area (Å²) in [5, 5.41) is 33.9. The Balaban J connectivity index is 4.62. The molecule has 4 atom stereocenters. The fourth-order valence-electron chi connectivity index (χ4n) is 2.52. The molecule has 0 radical (unpaired) electrons. The number of aliphatic hydroxyl groups is 3. The molecule has 0 rings (SSSR count). The zero-order chi connectivity index (χ0) is 17.7. The zero-order valence-corrected chi connectivity index (χ0v) is 14.6. The van der Waals surface area contributed by atoms with Crippen molar-refractivity contribution in [1.82, 2.24) is 10.6 Å². The van der Waals surface area contributed by atoms with Gasteiger partial charge in [0, 0.05) is 32.6 Å². The van der Waals surface area contributed by atoms with E-state index >= 15 is 0 Å². The minimum absolute atomic E-state index is 0.160. The Morgan fingerprint density at radius 1 is 1.22 bits per heavy atom. The summed E-state index contributed by atoms with van der Waals surface area (Å²) in [6.07, 6.45) is 1.39. The van der Waals surface area contributed by atoms with E-state index in [2.05, 4.69) is 10.6 Å². The number of hydrogen-bond acceptors (Lipinski definition) is 6. The van der Waals surface area contributed by atoms with Crippen LogP contribution in [0.1, 0.15) is 40.0 Å². The van der Waals surface area contributed by atoms with Gasteiger partial charge in [0.1, 0.15) is 0 Å². The third-order valence-corrected chi connectivity index (χ3v) is 3.83. The highest BCUT2D eigenvalue weighted by atomic mass is 16.5. The molecule has 5 N–H and O–H groups in total. The van der Waals surface area contributed by atoms with Crippen LogP contribution in [0.15, 0.2) is 0 Å². The van der Waals surface area contributed by atoms with Gasteiger partial charge in [0.25, 0.3) is 0 Å². The molecule has 7 nitrogen and oxygen atoms in total. The number of hydrogen-bond donors (Lipinski definition) is 5. The highest BCUT2D eigenvalue weighted by Crippen LogP contribution is 2.16. The van der Waals surface area contributed by atoms with Gasteiger partial charge < -0.3 is 30.7 Å². The van der Waals surface area contributed by atoms with E-state index in [0.717, 1.165) is 25.8 Å². The van der Waals surface area contributed by atoms with Gasteiger partial charge in [-0.15, -0.1) is 0 Å². The normalized spacial score (nSPS) is 16.6. The smallest absolute Gasteiger partial charge is 0.217 e. The molecule has 23 heavy (non-hydrogen) atoms. The topological polar surface area (TPSA) is 111 Å². The first-order valence-electron chi connectivity index (χ1n) is 8.47. The van der Waals surface area contributed by atoms with E-state index in [-0.39, 0.29) is 31.1 Å². The van der Waals surface area contributed by atoms with Crippen LogP contribution >= 0.6 is 0 Å². The lowest BCUT2D eigenvalue weighted by Gasteiger charge is -2.34. The SMILES string of the molecule is CCO[C@@H](C(CNCCCCCO)NC(C)=O)[C@H](C)C(O)CO. The van der Waals surface area contributed by atoms with Crippen molar-refractivity contribution in [3.63, 3.8) is 0 Å². The molecule has 0 spiro atoms. The molecule has 138 valence electrons. The Kier molecular flexibility index (Phi) is 13.3. The molecule has 0 saturated carbocycles. The third-order valence-electron chi connectivity index (χ3n) is 3.83. The van der Waals surface area contributed by atoms with Crippen molar-refractivity contribution >= 4 is 5.91 Å². The van der Waals surface area contributed by atoms with Crippen molar-refractivity contribution in [3.05, 3.63) is 0 Å². The first kappa shape index (κ1) is 22.3. The average molecular weight is 334 g/mol. The molecule has 0 fully saturated rings. The molecular weight excluding hydrogens is 300 g/mol. The largest absolute Gasteiger partial charge is 0.396 e. The minimum atomic E-state index is -0.896. The Bertz CT molecular complexity index is 304. The second-order valence-corrected chi connectivity index (χ2v) is 5.82. The van der Waals surface area contributed by atoms with Crippen molar-refractivity contribution in [3.8, 4) is 0 Å². The molecule has 7 heteroatoms. The van der Waals surface area contributed by atoms with Crippen LogP contribution in [-0.4, -0.2) is 72.4 Å². The van der Waals surface area contributed by atoms with Crippen molar-refractivity contribution < 1.29 is 24.9 Å². The van der Waals surface area contributed by atoms with E-state index in [4.69, 9.17) is 14.9 Å². The van der Waals surface area contributed by atoms with Crippen molar-refractivity contribution in [2.45, 2.75) is 58.3 Å². The lowest BCUT2D eigenvalue weighted by atomic mass is 9.92. The lowest BCUT2D eigenvalue weighted by molar-refractivity contribution is -0.122. The van der Waals surface area contributed by atoms with Crippen LogP contribution in [0.5, 0.6) is 0 Å². The monoisotopic (exact) mass is 334 g/mol.